The van der Waals surface area contributed by atoms with Crippen molar-refractivity contribution in [3.63, 3.8) is 0 Å². The molecule has 3 heteroatoms. The lowest BCUT2D eigenvalue weighted by molar-refractivity contribution is 0.0529. The Morgan fingerprint density at radius 3 is 2.83 bits per heavy atom. The van der Waals surface area contributed by atoms with Crippen molar-refractivity contribution in [3.05, 3.63) is 28.5 Å². The molecule has 0 spiro atoms. The van der Waals surface area contributed by atoms with Crippen LogP contribution in [0.25, 0.3) is 0 Å². The summed E-state index contributed by atoms with van der Waals surface area (Å²) in [6.45, 7) is 3.75. The second-order valence-electron chi connectivity index (χ2n) is 2.99. The van der Waals surface area contributed by atoms with Crippen molar-refractivity contribution in [2.45, 2.75) is 25.9 Å². The highest BCUT2D eigenvalue weighted by Gasteiger charge is 2.20. The third kappa shape index (κ3) is 2.05. The number of nitrogens with zero attached hydrogens (tertiary/aromatic N) is 1. The molecule has 0 saturated carbocycles. The number of rotatable bonds is 2. The molecule has 0 aliphatic heterocycles. The van der Waals surface area contributed by atoms with Crippen molar-refractivity contribution in [2.75, 3.05) is 0 Å². The van der Waals surface area contributed by atoms with Crippen LogP contribution in [0.4, 0.5) is 0 Å². The van der Waals surface area contributed by atoms with E-state index >= 15 is 0 Å². The number of aliphatic hydroxyl groups is 1. The van der Waals surface area contributed by atoms with Crippen LogP contribution in [0.3, 0.4) is 0 Å². The molecule has 0 saturated heterocycles. The lowest BCUT2D eigenvalue weighted by atomic mass is 9.95. The molecule has 0 aliphatic rings. The second-order valence-corrected chi connectivity index (χ2v) is 3.81. The van der Waals surface area contributed by atoms with Crippen LogP contribution in [0.2, 0.25) is 0 Å². The third-order valence-electron chi connectivity index (χ3n) is 2.04. The number of pyridine rings is 1. The maximum atomic E-state index is 9.87. The minimum atomic E-state index is -0.745. The van der Waals surface area contributed by atoms with E-state index in [9.17, 15) is 5.11 Å². The molecule has 0 radical (unpaired) electrons. The summed E-state index contributed by atoms with van der Waals surface area (Å²) in [4.78, 5) is 3.99. The average Bonchev–Trinajstić information content (AvgIpc) is 2.05. The van der Waals surface area contributed by atoms with E-state index in [1.807, 2.05) is 19.1 Å². The Balaban J connectivity index is 3.03. The Labute approximate surface area is 80.8 Å². The molecular weight excluding hydrogens is 218 g/mol. The van der Waals surface area contributed by atoms with Gasteiger partial charge in [-0.2, -0.15) is 0 Å². The van der Waals surface area contributed by atoms with Crippen LogP contribution in [0, 0.1) is 0 Å². The monoisotopic (exact) mass is 229 g/mol. The van der Waals surface area contributed by atoms with Gasteiger partial charge in [-0.15, -0.1) is 0 Å². The average molecular weight is 230 g/mol. The Bertz CT molecular complexity index is 273. The van der Waals surface area contributed by atoms with E-state index in [4.69, 9.17) is 0 Å². The Morgan fingerprint density at radius 2 is 2.33 bits per heavy atom. The zero-order valence-electron chi connectivity index (χ0n) is 7.21. The highest BCUT2D eigenvalue weighted by molar-refractivity contribution is 9.10. The van der Waals surface area contributed by atoms with E-state index < -0.39 is 5.60 Å². The van der Waals surface area contributed by atoms with Crippen molar-refractivity contribution in [3.8, 4) is 0 Å². The normalized spacial score (nSPS) is 15.7. The lowest BCUT2D eigenvalue weighted by Gasteiger charge is -2.21. The number of hydrogen-bond acceptors (Lipinski definition) is 2. The molecule has 1 heterocycles. The van der Waals surface area contributed by atoms with Gasteiger partial charge in [0, 0.05) is 6.20 Å². The fourth-order valence-electron chi connectivity index (χ4n) is 0.942. The van der Waals surface area contributed by atoms with Crippen LogP contribution >= 0.6 is 15.9 Å². The Hall–Kier alpha value is -0.410. The summed E-state index contributed by atoms with van der Waals surface area (Å²) in [5, 5.41) is 9.87. The summed E-state index contributed by atoms with van der Waals surface area (Å²) in [6.07, 6.45) is 2.38. The van der Waals surface area contributed by atoms with Gasteiger partial charge in [0.2, 0.25) is 0 Å². The van der Waals surface area contributed by atoms with Crippen molar-refractivity contribution in [1.82, 2.24) is 4.98 Å². The van der Waals surface area contributed by atoms with E-state index in [0.717, 1.165) is 10.2 Å². The summed E-state index contributed by atoms with van der Waals surface area (Å²) < 4.78 is 0.758. The van der Waals surface area contributed by atoms with Gasteiger partial charge in [0.1, 0.15) is 4.60 Å². The fraction of sp³-hybridized carbons (Fsp3) is 0.444. The summed E-state index contributed by atoms with van der Waals surface area (Å²) in [5.74, 6) is 0. The quantitative estimate of drug-likeness (QED) is 0.791. The van der Waals surface area contributed by atoms with E-state index in [1.165, 1.54) is 0 Å². The van der Waals surface area contributed by atoms with Crippen molar-refractivity contribution < 1.29 is 5.11 Å². The van der Waals surface area contributed by atoms with Gasteiger partial charge < -0.3 is 5.11 Å². The molecule has 1 rings (SSSR count). The van der Waals surface area contributed by atoms with E-state index in [2.05, 4.69) is 20.9 Å². The summed E-state index contributed by atoms with van der Waals surface area (Å²) in [6, 6.07) is 3.66. The van der Waals surface area contributed by atoms with Crippen LogP contribution < -0.4 is 0 Å². The smallest absolute Gasteiger partial charge is 0.106 e. The first-order valence-corrected chi connectivity index (χ1v) is 4.70. The predicted molar refractivity (Wildman–Crippen MR) is 51.8 cm³/mol. The maximum absolute atomic E-state index is 9.87. The molecule has 0 bridgehead atoms. The van der Waals surface area contributed by atoms with E-state index in [-0.39, 0.29) is 0 Å². The van der Waals surface area contributed by atoms with Crippen molar-refractivity contribution in [1.29, 1.82) is 0 Å². The van der Waals surface area contributed by atoms with Gasteiger partial charge in [0.15, 0.2) is 0 Å². The molecule has 0 aromatic carbocycles. The first-order chi connectivity index (χ1) is 5.56. The molecule has 2 nitrogen and oxygen atoms in total. The predicted octanol–water partition coefficient (Wildman–Crippen LogP) is 2.46. The highest BCUT2D eigenvalue weighted by atomic mass is 79.9. The van der Waals surface area contributed by atoms with Gasteiger partial charge in [-0.3, -0.25) is 0 Å². The zero-order chi connectivity index (χ0) is 9.19. The van der Waals surface area contributed by atoms with Crippen LogP contribution in [0.15, 0.2) is 22.9 Å². The van der Waals surface area contributed by atoms with Gasteiger partial charge >= 0.3 is 0 Å². The standard InChI is InChI=1S/C9H12BrNO/c1-3-9(2,12)7-4-5-11-8(10)6-7/h4-6,12H,3H2,1-2H3/t9-/m0/s1. The lowest BCUT2D eigenvalue weighted by Crippen LogP contribution is -2.19. The third-order valence-corrected chi connectivity index (χ3v) is 2.47. The largest absolute Gasteiger partial charge is 0.385 e. The molecule has 1 N–H and O–H groups in total. The second kappa shape index (κ2) is 3.54. The van der Waals surface area contributed by atoms with Crippen molar-refractivity contribution in [2.24, 2.45) is 0 Å². The zero-order valence-corrected chi connectivity index (χ0v) is 8.80. The van der Waals surface area contributed by atoms with Crippen LogP contribution in [-0.2, 0) is 5.60 Å². The van der Waals surface area contributed by atoms with E-state index in [1.54, 1.807) is 13.1 Å². The van der Waals surface area contributed by atoms with Crippen LogP contribution in [0.5, 0.6) is 0 Å². The first-order valence-electron chi connectivity index (χ1n) is 3.90. The molecule has 12 heavy (non-hydrogen) atoms. The van der Waals surface area contributed by atoms with Crippen molar-refractivity contribution >= 4 is 15.9 Å². The molecule has 0 aliphatic carbocycles. The highest BCUT2D eigenvalue weighted by Crippen LogP contribution is 2.24. The number of aromatic nitrogens is 1. The first kappa shape index (κ1) is 9.68. The van der Waals surface area contributed by atoms with Gasteiger partial charge in [0.25, 0.3) is 0 Å². The topological polar surface area (TPSA) is 33.1 Å². The molecule has 0 unspecified atom stereocenters. The minimum Gasteiger partial charge on any atom is -0.385 e. The molecule has 0 fully saturated rings. The summed E-state index contributed by atoms with van der Waals surface area (Å²) in [7, 11) is 0. The number of hydrogen-bond donors (Lipinski definition) is 1. The molecule has 0 amide bonds. The van der Waals surface area contributed by atoms with E-state index in [0.29, 0.717) is 6.42 Å². The van der Waals surface area contributed by atoms with Crippen LogP contribution in [0.1, 0.15) is 25.8 Å². The molecule has 1 aromatic rings. The molecule has 66 valence electrons. The van der Waals surface area contributed by atoms with Gasteiger partial charge in [-0.05, 0) is 47.0 Å². The Morgan fingerprint density at radius 1 is 1.67 bits per heavy atom. The molecule has 1 aromatic heterocycles. The van der Waals surface area contributed by atoms with Gasteiger partial charge in [0.05, 0.1) is 5.60 Å². The van der Waals surface area contributed by atoms with Gasteiger partial charge in [-0.1, -0.05) is 6.92 Å². The van der Waals surface area contributed by atoms with Gasteiger partial charge in [-0.25, -0.2) is 4.98 Å². The summed E-state index contributed by atoms with van der Waals surface area (Å²) in [5.41, 5.74) is 0.151. The SMILES string of the molecule is CC[C@](C)(O)c1ccnc(Br)c1. The summed E-state index contributed by atoms with van der Waals surface area (Å²) >= 11 is 3.26. The maximum Gasteiger partial charge on any atom is 0.106 e. The Kier molecular flexibility index (Phi) is 2.85. The molecule has 1 atom stereocenters. The minimum absolute atomic E-state index is 0.698. The fourth-order valence-corrected chi connectivity index (χ4v) is 1.31. The molecular formula is C9H12BrNO. The van der Waals surface area contributed by atoms with Crippen LogP contribution in [-0.4, -0.2) is 10.1 Å². The number of halogens is 1.